The molecule has 0 amide bonds. The van der Waals surface area contributed by atoms with Crippen LogP contribution in [0.3, 0.4) is 0 Å². The van der Waals surface area contributed by atoms with E-state index in [0.29, 0.717) is 6.54 Å². The lowest BCUT2D eigenvalue weighted by molar-refractivity contribution is -0.384. The van der Waals surface area contributed by atoms with Crippen molar-refractivity contribution in [3.8, 4) is 5.82 Å². The van der Waals surface area contributed by atoms with Crippen molar-refractivity contribution in [3.05, 3.63) is 47.0 Å². The SMILES string of the molecule is CCNc1ncnc(-n2cnc3ccccc32)c1[N+](=O)[O-]. The average Bonchev–Trinajstić information content (AvgIpc) is 2.91. The van der Waals surface area contributed by atoms with Crippen molar-refractivity contribution in [1.29, 1.82) is 0 Å². The maximum absolute atomic E-state index is 11.4. The quantitative estimate of drug-likeness (QED) is 0.582. The fraction of sp³-hybridized carbons (Fsp3) is 0.154. The molecule has 1 aromatic carbocycles. The standard InChI is InChI=1S/C13H12N6O2/c1-2-14-12-11(19(20)21)13(16-7-15-12)18-8-17-9-5-3-4-6-10(9)18/h3-8H,2H2,1H3,(H,14,15,16). The summed E-state index contributed by atoms with van der Waals surface area (Å²) in [4.78, 5) is 23.2. The molecule has 0 spiro atoms. The molecule has 0 aliphatic carbocycles. The van der Waals surface area contributed by atoms with Crippen LogP contribution in [0.15, 0.2) is 36.9 Å². The summed E-state index contributed by atoms with van der Waals surface area (Å²) in [5, 5.41) is 14.3. The van der Waals surface area contributed by atoms with Gasteiger partial charge in [0.05, 0.1) is 16.0 Å². The Balaban J connectivity index is 2.27. The van der Waals surface area contributed by atoms with Crippen molar-refractivity contribution in [2.24, 2.45) is 0 Å². The molecule has 0 bridgehead atoms. The number of rotatable bonds is 4. The second kappa shape index (κ2) is 5.16. The van der Waals surface area contributed by atoms with Crippen LogP contribution in [0.25, 0.3) is 16.9 Å². The Hall–Kier alpha value is -3.03. The Morgan fingerprint density at radius 3 is 2.86 bits per heavy atom. The molecule has 8 heteroatoms. The van der Waals surface area contributed by atoms with Gasteiger partial charge in [-0.15, -0.1) is 0 Å². The summed E-state index contributed by atoms with van der Waals surface area (Å²) >= 11 is 0. The molecule has 0 aliphatic heterocycles. The summed E-state index contributed by atoms with van der Waals surface area (Å²) < 4.78 is 1.59. The second-order valence-electron chi connectivity index (χ2n) is 4.29. The van der Waals surface area contributed by atoms with Gasteiger partial charge in [0.25, 0.3) is 0 Å². The van der Waals surface area contributed by atoms with E-state index in [9.17, 15) is 10.1 Å². The minimum Gasteiger partial charge on any atom is -0.364 e. The van der Waals surface area contributed by atoms with E-state index >= 15 is 0 Å². The van der Waals surface area contributed by atoms with Crippen LogP contribution in [0.2, 0.25) is 0 Å². The highest BCUT2D eigenvalue weighted by Gasteiger charge is 2.24. The van der Waals surface area contributed by atoms with Gasteiger partial charge in [0, 0.05) is 6.54 Å². The van der Waals surface area contributed by atoms with E-state index in [0.717, 1.165) is 11.0 Å². The van der Waals surface area contributed by atoms with Gasteiger partial charge in [0.1, 0.15) is 12.7 Å². The van der Waals surface area contributed by atoms with E-state index in [-0.39, 0.29) is 17.3 Å². The summed E-state index contributed by atoms with van der Waals surface area (Å²) in [6, 6.07) is 7.38. The van der Waals surface area contributed by atoms with Gasteiger partial charge in [-0.3, -0.25) is 14.7 Å². The molecule has 0 radical (unpaired) electrons. The first-order chi connectivity index (χ1) is 10.2. The zero-order valence-electron chi connectivity index (χ0n) is 11.2. The minimum absolute atomic E-state index is 0.164. The summed E-state index contributed by atoms with van der Waals surface area (Å²) in [5.41, 5.74) is 1.33. The number of anilines is 1. The Labute approximate surface area is 119 Å². The highest BCUT2D eigenvalue weighted by Crippen LogP contribution is 2.29. The number of para-hydroxylation sites is 2. The van der Waals surface area contributed by atoms with Crippen LogP contribution in [-0.2, 0) is 0 Å². The molecule has 0 saturated carbocycles. The van der Waals surface area contributed by atoms with Gasteiger partial charge in [-0.1, -0.05) is 12.1 Å². The van der Waals surface area contributed by atoms with Crippen LogP contribution in [0.1, 0.15) is 6.92 Å². The van der Waals surface area contributed by atoms with Gasteiger partial charge >= 0.3 is 5.69 Å². The molecule has 0 fully saturated rings. The molecule has 0 saturated heterocycles. The molecule has 2 heterocycles. The first-order valence-electron chi connectivity index (χ1n) is 6.38. The van der Waals surface area contributed by atoms with E-state index < -0.39 is 4.92 Å². The monoisotopic (exact) mass is 284 g/mol. The maximum atomic E-state index is 11.4. The molecule has 2 aromatic heterocycles. The Morgan fingerprint density at radius 1 is 1.29 bits per heavy atom. The number of nitrogens with one attached hydrogen (secondary N) is 1. The molecular formula is C13H12N6O2. The van der Waals surface area contributed by atoms with Crippen molar-refractivity contribution in [2.75, 3.05) is 11.9 Å². The second-order valence-corrected chi connectivity index (χ2v) is 4.29. The van der Waals surface area contributed by atoms with Gasteiger partial charge in [-0.2, -0.15) is 0 Å². The molecule has 1 N–H and O–H groups in total. The number of benzene rings is 1. The zero-order valence-corrected chi connectivity index (χ0v) is 11.2. The van der Waals surface area contributed by atoms with E-state index in [1.54, 1.807) is 4.57 Å². The molecule has 21 heavy (non-hydrogen) atoms. The van der Waals surface area contributed by atoms with Gasteiger partial charge in [-0.25, -0.2) is 15.0 Å². The lowest BCUT2D eigenvalue weighted by atomic mass is 10.3. The van der Waals surface area contributed by atoms with Crippen LogP contribution in [0.4, 0.5) is 11.5 Å². The predicted octanol–water partition coefficient (Wildman–Crippen LogP) is 2.16. The van der Waals surface area contributed by atoms with Gasteiger partial charge in [0.15, 0.2) is 0 Å². The van der Waals surface area contributed by atoms with E-state index in [1.165, 1.54) is 12.7 Å². The normalized spacial score (nSPS) is 10.7. The van der Waals surface area contributed by atoms with Crippen molar-refractivity contribution >= 4 is 22.5 Å². The molecular weight excluding hydrogens is 272 g/mol. The molecule has 0 unspecified atom stereocenters. The first kappa shape index (κ1) is 13.0. The molecule has 3 aromatic rings. The number of nitro groups is 1. The third kappa shape index (κ3) is 2.16. The number of fused-ring (bicyclic) bond motifs is 1. The van der Waals surface area contributed by atoms with E-state index in [1.807, 2.05) is 31.2 Å². The topological polar surface area (TPSA) is 98.8 Å². The number of hydrogen-bond acceptors (Lipinski definition) is 6. The Morgan fingerprint density at radius 2 is 2.10 bits per heavy atom. The summed E-state index contributed by atoms with van der Waals surface area (Å²) in [5.74, 6) is 0.393. The largest absolute Gasteiger partial charge is 0.364 e. The van der Waals surface area contributed by atoms with E-state index in [4.69, 9.17) is 0 Å². The first-order valence-corrected chi connectivity index (χ1v) is 6.38. The molecule has 0 aliphatic rings. The Kier molecular flexibility index (Phi) is 3.19. The molecule has 0 atom stereocenters. The fourth-order valence-corrected chi connectivity index (χ4v) is 2.14. The molecule has 3 rings (SSSR count). The number of aromatic nitrogens is 4. The van der Waals surface area contributed by atoms with Crippen molar-refractivity contribution < 1.29 is 4.92 Å². The van der Waals surface area contributed by atoms with Gasteiger partial charge in [-0.05, 0) is 19.1 Å². The van der Waals surface area contributed by atoms with Crippen LogP contribution >= 0.6 is 0 Å². The average molecular weight is 284 g/mol. The fourth-order valence-electron chi connectivity index (χ4n) is 2.14. The lowest BCUT2D eigenvalue weighted by Crippen LogP contribution is -2.09. The molecule has 106 valence electrons. The number of imidazole rings is 1. The zero-order chi connectivity index (χ0) is 14.8. The highest BCUT2D eigenvalue weighted by molar-refractivity contribution is 5.78. The molecule has 8 nitrogen and oxygen atoms in total. The third-order valence-electron chi connectivity index (χ3n) is 3.01. The third-order valence-corrected chi connectivity index (χ3v) is 3.01. The van der Waals surface area contributed by atoms with Crippen molar-refractivity contribution in [2.45, 2.75) is 6.92 Å². The van der Waals surface area contributed by atoms with Crippen LogP contribution in [0.5, 0.6) is 0 Å². The van der Waals surface area contributed by atoms with Gasteiger partial charge in [0.2, 0.25) is 11.6 Å². The maximum Gasteiger partial charge on any atom is 0.354 e. The van der Waals surface area contributed by atoms with E-state index in [2.05, 4.69) is 20.3 Å². The van der Waals surface area contributed by atoms with Crippen molar-refractivity contribution in [3.63, 3.8) is 0 Å². The van der Waals surface area contributed by atoms with Gasteiger partial charge < -0.3 is 5.32 Å². The van der Waals surface area contributed by atoms with Crippen LogP contribution in [0, 0.1) is 10.1 Å². The summed E-state index contributed by atoms with van der Waals surface area (Å²) in [6.45, 7) is 2.38. The summed E-state index contributed by atoms with van der Waals surface area (Å²) in [6.07, 6.45) is 2.82. The Bertz CT molecular complexity index is 813. The smallest absolute Gasteiger partial charge is 0.354 e. The summed E-state index contributed by atoms with van der Waals surface area (Å²) in [7, 11) is 0. The predicted molar refractivity (Wildman–Crippen MR) is 77.5 cm³/mol. The van der Waals surface area contributed by atoms with Crippen molar-refractivity contribution in [1.82, 2.24) is 19.5 Å². The highest BCUT2D eigenvalue weighted by atomic mass is 16.6. The number of nitrogens with zero attached hydrogens (tertiary/aromatic N) is 5. The lowest BCUT2D eigenvalue weighted by Gasteiger charge is -2.08. The number of hydrogen-bond donors (Lipinski definition) is 1. The van der Waals surface area contributed by atoms with Crippen LogP contribution < -0.4 is 5.32 Å². The minimum atomic E-state index is -0.484. The van der Waals surface area contributed by atoms with Crippen LogP contribution in [-0.4, -0.2) is 31.0 Å².